The van der Waals surface area contributed by atoms with Crippen LogP contribution >= 0.6 is 0 Å². The SMILES string of the molecule is CCCNC(=O)c1ccc(-c2cnc3ccc(Nc4ccc(F)c(F)c4)nn23)cc1C. The van der Waals surface area contributed by atoms with Crippen LogP contribution in [-0.2, 0) is 0 Å². The van der Waals surface area contributed by atoms with Crippen molar-refractivity contribution < 1.29 is 13.6 Å². The highest BCUT2D eigenvalue weighted by Crippen LogP contribution is 2.25. The molecule has 158 valence electrons. The van der Waals surface area contributed by atoms with Crippen molar-refractivity contribution in [2.75, 3.05) is 11.9 Å². The lowest BCUT2D eigenvalue weighted by Crippen LogP contribution is -2.24. The van der Waals surface area contributed by atoms with Gasteiger partial charge in [-0.3, -0.25) is 4.79 Å². The van der Waals surface area contributed by atoms with Gasteiger partial charge in [-0.1, -0.05) is 13.0 Å². The normalized spacial score (nSPS) is 11.0. The van der Waals surface area contributed by atoms with E-state index in [0.717, 1.165) is 35.4 Å². The molecule has 0 saturated carbocycles. The van der Waals surface area contributed by atoms with Crippen molar-refractivity contribution in [1.82, 2.24) is 19.9 Å². The van der Waals surface area contributed by atoms with Gasteiger partial charge in [-0.15, -0.1) is 5.10 Å². The fraction of sp³-hybridized carbons (Fsp3) is 0.174. The molecule has 0 atom stereocenters. The molecular formula is C23H21F2N5O. The molecule has 0 aliphatic rings. The van der Waals surface area contributed by atoms with Crippen LogP contribution in [0.4, 0.5) is 20.3 Å². The molecule has 0 aliphatic heterocycles. The smallest absolute Gasteiger partial charge is 0.251 e. The van der Waals surface area contributed by atoms with Gasteiger partial charge in [-0.25, -0.2) is 18.3 Å². The van der Waals surface area contributed by atoms with E-state index in [0.29, 0.717) is 29.3 Å². The third-order valence-corrected chi connectivity index (χ3v) is 4.86. The summed E-state index contributed by atoms with van der Waals surface area (Å²) < 4.78 is 28.3. The fourth-order valence-corrected chi connectivity index (χ4v) is 3.27. The van der Waals surface area contributed by atoms with Gasteiger partial charge in [0.1, 0.15) is 0 Å². The molecule has 0 fully saturated rings. The number of nitrogens with one attached hydrogen (secondary N) is 2. The maximum atomic E-state index is 13.5. The minimum absolute atomic E-state index is 0.0971. The van der Waals surface area contributed by atoms with Crippen molar-refractivity contribution in [2.45, 2.75) is 20.3 Å². The van der Waals surface area contributed by atoms with Crippen LogP contribution in [0.3, 0.4) is 0 Å². The molecule has 31 heavy (non-hydrogen) atoms. The lowest BCUT2D eigenvalue weighted by molar-refractivity contribution is 0.0953. The minimum Gasteiger partial charge on any atom is -0.352 e. The van der Waals surface area contributed by atoms with Crippen LogP contribution in [0.25, 0.3) is 16.9 Å². The zero-order chi connectivity index (χ0) is 22.0. The van der Waals surface area contributed by atoms with E-state index in [9.17, 15) is 13.6 Å². The molecular weight excluding hydrogens is 400 g/mol. The number of carbonyl (C=O) groups excluding carboxylic acids is 1. The summed E-state index contributed by atoms with van der Waals surface area (Å²) in [7, 11) is 0. The Kier molecular flexibility index (Phi) is 5.62. The number of imidazole rings is 1. The third-order valence-electron chi connectivity index (χ3n) is 4.86. The Balaban J connectivity index is 1.65. The van der Waals surface area contributed by atoms with E-state index in [1.54, 1.807) is 28.9 Å². The lowest BCUT2D eigenvalue weighted by atomic mass is 10.0. The summed E-state index contributed by atoms with van der Waals surface area (Å²) in [5.74, 6) is -1.49. The van der Waals surface area contributed by atoms with Gasteiger partial charge in [0, 0.05) is 29.4 Å². The molecule has 0 unspecified atom stereocenters. The molecule has 2 heterocycles. The van der Waals surface area contributed by atoms with Crippen molar-refractivity contribution in [3.8, 4) is 11.3 Å². The average molecular weight is 421 g/mol. The second-order valence-electron chi connectivity index (χ2n) is 7.17. The maximum absolute atomic E-state index is 13.5. The Morgan fingerprint density at radius 2 is 1.90 bits per heavy atom. The fourth-order valence-electron chi connectivity index (χ4n) is 3.27. The van der Waals surface area contributed by atoms with Crippen molar-refractivity contribution in [1.29, 1.82) is 0 Å². The zero-order valence-corrected chi connectivity index (χ0v) is 17.1. The van der Waals surface area contributed by atoms with Crippen molar-refractivity contribution in [2.24, 2.45) is 0 Å². The van der Waals surface area contributed by atoms with Crippen molar-refractivity contribution in [3.63, 3.8) is 0 Å². The predicted molar refractivity (Wildman–Crippen MR) is 115 cm³/mol. The molecule has 0 aliphatic carbocycles. The molecule has 0 spiro atoms. The summed E-state index contributed by atoms with van der Waals surface area (Å²) >= 11 is 0. The van der Waals surface area contributed by atoms with Gasteiger partial charge >= 0.3 is 0 Å². The highest BCUT2D eigenvalue weighted by Gasteiger charge is 2.13. The van der Waals surface area contributed by atoms with E-state index >= 15 is 0 Å². The van der Waals surface area contributed by atoms with Crippen LogP contribution < -0.4 is 10.6 Å². The second-order valence-corrected chi connectivity index (χ2v) is 7.17. The summed E-state index contributed by atoms with van der Waals surface area (Å²) in [4.78, 5) is 16.7. The molecule has 0 saturated heterocycles. The Morgan fingerprint density at radius 1 is 1.06 bits per heavy atom. The number of halogens is 2. The first-order valence-corrected chi connectivity index (χ1v) is 9.92. The Morgan fingerprint density at radius 3 is 2.65 bits per heavy atom. The van der Waals surface area contributed by atoms with Crippen molar-refractivity contribution in [3.05, 3.63) is 77.5 Å². The number of hydrogen-bond donors (Lipinski definition) is 2. The monoisotopic (exact) mass is 421 g/mol. The summed E-state index contributed by atoms with van der Waals surface area (Å²) in [5.41, 5.74) is 4.08. The van der Waals surface area contributed by atoms with E-state index in [4.69, 9.17) is 0 Å². The third kappa shape index (κ3) is 4.23. The molecule has 2 N–H and O–H groups in total. The van der Waals surface area contributed by atoms with Gasteiger partial charge in [0.15, 0.2) is 23.1 Å². The first-order chi connectivity index (χ1) is 15.0. The largest absolute Gasteiger partial charge is 0.352 e. The van der Waals surface area contributed by atoms with Crippen LogP contribution in [0.1, 0.15) is 29.3 Å². The number of fused-ring (bicyclic) bond motifs is 1. The highest BCUT2D eigenvalue weighted by molar-refractivity contribution is 5.96. The number of benzene rings is 2. The number of carbonyl (C=O) groups is 1. The van der Waals surface area contributed by atoms with E-state index < -0.39 is 11.6 Å². The van der Waals surface area contributed by atoms with Gasteiger partial charge in [0.25, 0.3) is 5.91 Å². The first-order valence-electron chi connectivity index (χ1n) is 9.92. The Hall–Kier alpha value is -3.81. The average Bonchev–Trinajstić information content (AvgIpc) is 3.18. The second kappa shape index (κ2) is 8.51. The Bertz CT molecular complexity index is 1270. The molecule has 1 amide bonds. The van der Waals surface area contributed by atoms with Gasteiger partial charge in [-0.05, 0) is 55.3 Å². The molecule has 2 aromatic heterocycles. The summed E-state index contributed by atoms with van der Waals surface area (Å²) in [6, 6.07) is 12.6. The molecule has 0 bridgehead atoms. The van der Waals surface area contributed by atoms with Crippen molar-refractivity contribution >= 4 is 23.1 Å². The van der Waals surface area contributed by atoms with Crippen LogP contribution in [0.2, 0.25) is 0 Å². The van der Waals surface area contributed by atoms with Crippen LogP contribution in [0.15, 0.2) is 54.7 Å². The molecule has 2 aromatic carbocycles. The summed E-state index contributed by atoms with van der Waals surface area (Å²) in [6.45, 7) is 4.52. The Labute approximate surface area is 177 Å². The first kappa shape index (κ1) is 20.5. The minimum atomic E-state index is -0.937. The molecule has 4 rings (SSSR count). The van der Waals surface area contributed by atoms with Crippen LogP contribution in [0.5, 0.6) is 0 Å². The van der Waals surface area contributed by atoms with Gasteiger partial charge in [-0.2, -0.15) is 0 Å². The number of rotatable bonds is 6. The van der Waals surface area contributed by atoms with Gasteiger partial charge in [0.2, 0.25) is 0 Å². The van der Waals surface area contributed by atoms with Crippen LogP contribution in [0, 0.1) is 18.6 Å². The predicted octanol–water partition coefficient (Wildman–Crippen LogP) is 4.87. The van der Waals surface area contributed by atoms with E-state index in [-0.39, 0.29) is 5.91 Å². The number of aryl methyl sites for hydroxylation is 1. The highest BCUT2D eigenvalue weighted by atomic mass is 19.2. The topological polar surface area (TPSA) is 71.3 Å². The van der Waals surface area contributed by atoms with Crippen LogP contribution in [-0.4, -0.2) is 27.0 Å². The standard InChI is InChI=1S/C23H21F2N5O/c1-3-10-26-23(31)17-6-4-15(11-14(17)2)20-13-27-22-9-8-21(29-30(20)22)28-16-5-7-18(24)19(25)12-16/h4-9,11-13H,3,10H2,1-2H3,(H,26,31)(H,28,29). The number of amides is 1. The molecule has 0 radical (unpaired) electrons. The quantitative estimate of drug-likeness (QED) is 0.466. The molecule has 6 nitrogen and oxygen atoms in total. The lowest BCUT2D eigenvalue weighted by Gasteiger charge is -2.10. The summed E-state index contributed by atoms with van der Waals surface area (Å²) in [6.07, 6.45) is 2.58. The summed E-state index contributed by atoms with van der Waals surface area (Å²) in [5, 5.41) is 10.4. The number of aromatic nitrogens is 3. The van der Waals surface area contributed by atoms with Gasteiger partial charge in [0.05, 0.1) is 11.9 Å². The molecule has 8 heteroatoms. The zero-order valence-electron chi connectivity index (χ0n) is 17.1. The number of anilines is 2. The molecule has 4 aromatic rings. The number of hydrogen-bond acceptors (Lipinski definition) is 4. The van der Waals surface area contributed by atoms with E-state index in [1.165, 1.54) is 6.07 Å². The number of nitrogens with zero attached hydrogens (tertiary/aromatic N) is 3. The van der Waals surface area contributed by atoms with E-state index in [1.807, 2.05) is 26.0 Å². The van der Waals surface area contributed by atoms with E-state index in [2.05, 4.69) is 20.7 Å². The van der Waals surface area contributed by atoms with Gasteiger partial charge < -0.3 is 10.6 Å². The maximum Gasteiger partial charge on any atom is 0.251 e.